The lowest BCUT2D eigenvalue weighted by Crippen LogP contribution is -2.47. The van der Waals surface area contributed by atoms with E-state index in [1.165, 1.54) is 11.3 Å². The van der Waals surface area contributed by atoms with Gasteiger partial charge >= 0.3 is 0 Å². The average Bonchev–Trinajstić information content (AvgIpc) is 2.77. The second-order valence-corrected chi connectivity index (χ2v) is 6.70. The van der Waals surface area contributed by atoms with E-state index in [9.17, 15) is 4.79 Å². The predicted molar refractivity (Wildman–Crippen MR) is 74.9 cm³/mol. The number of ketones is 1. The monoisotopic (exact) mass is 316 g/mol. The molecule has 1 aromatic rings. The minimum atomic E-state index is 0.241. The van der Waals surface area contributed by atoms with Crippen molar-refractivity contribution in [1.29, 1.82) is 0 Å². The Balaban J connectivity index is 1.84. The summed E-state index contributed by atoms with van der Waals surface area (Å²) in [6.07, 6.45) is 0. The van der Waals surface area contributed by atoms with Crippen molar-refractivity contribution in [3.05, 3.63) is 20.8 Å². The highest BCUT2D eigenvalue weighted by Crippen LogP contribution is 2.22. The molecule has 2 rings (SSSR count). The summed E-state index contributed by atoms with van der Waals surface area (Å²) >= 11 is 4.91. The minimum Gasteiger partial charge on any atom is -0.301 e. The van der Waals surface area contributed by atoms with Gasteiger partial charge in [-0.3, -0.25) is 9.69 Å². The number of carbonyl (C=O) groups is 1. The lowest BCUT2D eigenvalue weighted by atomic mass is 10.2. The predicted octanol–water partition coefficient (Wildman–Crippen LogP) is 2.33. The third-order valence-electron chi connectivity index (χ3n) is 3.13. The summed E-state index contributed by atoms with van der Waals surface area (Å²) in [4.78, 5) is 17.5. The average molecular weight is 317 g/mol. The van der Waals surface area contributed by atoms with Crippen LogP contribution < -0.4 is 0 Å². The third-order valence-corrected chi connectivity index (χ3v) is 4.79. The van der Waals surface area contributed by atoms with Gasteiger partial charge in [-0.1, -0.05) is 6.92 Å². The van der Waals surface area contributed by atoms with Crippen LogP contribution in [0.25, 0.3) is 0 Å². The molecule has 1 aromatic heterocycles. The van der Waals surface area contributed by atoms with E-state index in [0.717, 1.165) is 41.4 Å². The molecule has 0 spiro atoms. The molecule has 0 atom stereocenters. The first-order chi connectivity index (χ1) is 8.19. The molecule has 2 heterocycles. The maximum atomic E-state index is 12.0. The van der Waals surface area contributed by atoms with Crippen LogP contribution >= 0.6 is 27.3 Å². The van der Waals surface area contributed by atoms with Crippen molar-refractivity contribution in [3.8, 4) is 0 Å². The molecule has 0 unspecified atom stereocenters. The van der Waals surface area contributed by atoms with E-state index >= 15 is 0 Å². The summed E-state index contributed by atoms with van der Waals surface area (Å²) in [6.45, 7) is 8.03. The van der Waals surface area contributed by atoms with E-state index in [-0.39, 0.29) is 5.78 Å². The Morgan fingerprint density at radius 1 is 1.29 bits per heavy atom. The molecule has 1 fully saturated rings. The third kappa shape index (κ3) is 3.61. The SMILES string of the molecule is CCN1CCN(CC(=O)c2ccc(Br)s2)CC1. The molecule has 5 heteroatoms. The van der Waals surface area contributed by atoms with Crippen LogP contribution in [0.3, 0.4) is 0 Å². The molecule has 94 valence electrons. The zero-order valence-electron chi connectivity index (χ0n) is 9.99. The molecule has 0 amide bonds. The molecule has 1 aliphatic heterocycles. The maximum Gasteiger partial charge on any atom is 0.186 e. The van der Waals surface area contributed by atoms with Crippen molar-refractivity contribution in [2.45, 2.75) is 6.92 Å². The summed E-state index contributed by atoms with van der Waals surface area (Å²) in [5, 5.41) is 0. The number of carbonyl (C=O) groups excluding carboxylic acids is 1. The normalized spacial score (nSPS) is 18.5. The van der Waals surface area contributed by atoms with Crippen molar-refractivity contribution in [3.63, 3.8) is 0 Å². The summed E-state index contributed by atoms with van der Waals surface area (Å²) < 4.78 is 1.02. The summed E-state index contributed by atoms with van der Waals surface area (Å²) in [5.74, 6) is 0.241. The fourth-order valence-corrected chi connectivity index (χ4v) is 3.32. The Morgan fingerprint density at radius 2 is 1.94 bits per heavy atom. The van der Waals surface area contributed by atoms with Gasteiger partial charge in [0.15, 0.2) is 5.78 Å². The van der Waals surface area contributed by atoms with Crippen LogP contribution in [0.2, 0.25) is 0 Å². The van der Waals surface area contributed by atoms with Gasteiger partial charge in [0, 0.05) is 26.2 Å². The fourth-order valence-electron chi connectivity index (χ4n) is 2.01. The van der Waals surface area contributed by atoms with E-state index < -0.39 is 0 Å². The zero-order valence-corrected chi connectivity index (χ0v) is 12.4. The molecule has 17 heavy (non-hydrogen) atoms. The Labute approximate surface area is 115 Å². The summed E-state index contributed by atoms with van der Waals surface area (Å²) in [5.41, 5.74) is 0. The molecule has 0 aromatic carbocycles. The van der Waals surface area contributed by atoms with Crippen LogP contribution in [0.15, 0.2) is 15.9 Å². The number of hydrogen-bond donors (Lipinski definition) is 0. The number of thiophene rings is 1. The number of halogens is 1. The van der Waals surface area contributed by atoms with Gasteiger partial charge in [-0.25, -0.2) is 0 Å². The van der Waals surface area contributed by atoms with E-state index in [1.54, 1.807) is 0 Å². The lowest BCUT2D eigenvalue weighted by molar-refractivity contribution is 0.0863. The van der Waals surface area contributed by atoms with E-state index in [2.05, 4.69) is 32.7 Å². The van der Waals surface area contributed by atoms with Crippen molar-refractivity contribution in [1.82, 2.24) is 9.80 Å². The molecule has 0 aliphatic carbocycles. The quantitative estimate of drug-likeness (QED) is 0.797. The van der Waals surface area contributed by atoms with Gasteiger partial charge in [0.05, 0.1) is 15.2 Å². The summed E-state index contributed by atoms with van der Waals surface area (Å²) in [7, 11) is 0. The first-order valence-corrected chi connectivity index (χ1v) is 7.53. The molecular formula is C12H17BrN2OS. The Kier molecular flexibility index (Phi) is 4.73. The second-order valence-electron chi connectivity index (χ2n) is 4.24. The van der Waals surface area contributed by atoms with E-state index in [1.807, 2.05) is 12.1 Å². The van der Waals surface area contributed by atoms with Crippen LogP contribution in [0.1, 0.15) is 16.6 Å². The van der Waals surface area contributed by atoms with E-state index in [0.29, 0.717) is 6.54 Å². The van der Waals surface area contributed by atoms with Gasteiger partial charge in [0.2, 0.25) is 0 Å². The van der Waals surface area contributed by atoms with Gasteiger partial charge in [0.25, 0.3) is 0 Å². The molecule has 0 saturated carbocycles. The summed E-state index contributed by atoms with van der Waals surface area (Å²) in [6, 6.07) is 3.84. The molecular weight excluding hydrogens is 300 g/mol. The highest BCUT2D eigenvalue weighted by molar-refractivity contribution is 9.11. The largest absolute Gasteiger partial charge is 0.301 e. The van der Waals surface area contributed by atoms with Crippen molar-refractivity contribution in [2.24, 2.45) is 0 Å². The molecule has 1 saturated heterocycles. The number of Topliss-reactive ketones (excluding diaryl/α,β-unsaturated/α-hetero) is 1. The van der Waals surface area contributed by atoms with Crippen molar-refractivity contribution in [2.75, 3.05) is 39.3 Å². The van der Waals surface area contributed by atoms with E-state index in [4.69, 9.17) is 0 Å². The highest BCUT2D eigenvalue weighted by atomic mass is 79.9. The first kappa shape index (κ1) is 13.2. The second kappa shape index (κ2) is 6.09. The van der Waals surface area contributed by atoms with Crippen molar-refractivity contribution >= 4 is 33.0 Å². The number of likely N-dealkylation sites (N-methyl/N-ethyl adjacent to an activating group) is 1. The van der Waals surface area contributed by atoms with Gasteiger partial charge in [0.1, 0.15) is 0 Å². The lowest BCUT2D eigenvalue weighted by Gasteiger charge is -2.33. The van der Waals surface area contributed by atoms with Crippen molar-refractivity contribution < 1.29 is 4.79 Å². The molecule has 0 radical (unpaired) electrons. The van der Waals surface area contributed by atoms with Crippen LogP contribution in [-0.2, 0) is 0 Å². The molecule has 0 N–H and O–H groups in total. The van der Waals surface area contributed by atoms with Crippen LogP contribution in [0, 0.1) is 0 Å². The Morgan fingerprint density at radius 3 is 2.47 bits per heavy atom. The maximum absolute atomic E-state index is 12.0. The smallest absolute Gasteiger partial charge is 0.186 e. The zero-order chi connectivity index (χ0) is 12.3. The van der Waals surface area contributed by atoms with Crippen LogP contribution in [0.5, 0.6) is 0 Å². The van der Waals surface area contributed by atoms with Gasteiger partial charge in [-0.2, -0.15) is 0 Å². The van der Waals surface area contributed by atoms with Crippen LogP contribution in [0.4, 0.5) is 0 Å². The number of nitrogens with zero attached hydrogens (tertiary/aromatic N) is 2. The number of piperazine rings is 1. The molecule has 0 bridgehead atoms. The van der Waals surface area contributed by atoms with Crippen LogP contribution in [-0.4, -0.2) is 54.9 Å². The number of hydrogen-bond acceptors (Lipinski definition) is 4. The Bertz CT molecular complexity index is 386. The first-order valence-electron chi connectivity index (χ1n) is 5.92. The molecule has 3 nitrogen and oxygen atoms in total. The van der Waals surface area contributed by atoms with Gasteiger partial charge in [-0.05, 0) is 34.6 Å². The van der Waals surface area contributed by atoms with Gasteiger partial charge in [-0.15, -0.1) is 11.3 Å². The number of rotatable bonds is 4. The topological polar surface area (TPSA) is 23.6 Å². The highest BCUT2D eigenvalue weighted by Gasteiger charge is 2.19. The van der Waals surface area contributed by atoms with Gasteiger partial charge < -0.3 is 4.90 Å². The molecule has 1 aliphatic rings. The fraction of sp³-hybridized carbons (Fsp3) is 0.583. The standard InChI is InChI=1S/C12H17BrN2OS/c1-2-14-5-7-15(8-6-14)9-10(16)11-3-4-12(13)17-11/h3-4H,2,5-9H2,1H3. The minimum absolute atomic E-state index is 0.241. The Hall–Kier alpha value is -0.230.